The largest absolute Gasteiger partial charge is 0.489 e. The summed E-state index contributed by atoms with van der Waals surface area (Å²) in [6, 6.07) is 21.0. The standard InChI is InChI=1S/C24H20N2O3S/c27-24(22-17-30-23(26-22)11-6-18-4-2-1-3-5-18)29-21-9-7-20(8-10-21)28-16-19-12-14-25-15-13-19/h1-5,7-10,12-15,17H,6,11,16H2. The van der Waals surface area contributed by atoms with E-state index in [2.05, 4.69) is 22.1 Å². The van der Waals surface area contributed by atoms with E-state index >= 15 is 0 Å². The summed E-state index contributed by atoms with van der Waals surface area (Å²) in [7, 11) is 0. The Kier molecular flexibility index (Phi) is 6.47. The number of carbonyl (C=O) groups excluding carboxylic acids is 1. The van der Waals surface area contributed by atoms with Gasteiger partial charge in [-0.05, 0) is 53.9 Å². The van der Waals surface area contributed by atoms with Gasteiger partial charge in [0.05, 0.1) is 5.01 Å². The molecule has 150 valence electrons. The molecule has 0 amide bonds. The van der Waals surface area contributed by atoms with Crippen LogP contribution in [-0.2, 0) is 19.4 Å². The predicted molar refractivity (Wildman–Crippen MR) is 116 cm³/mol. The second-order valence-corrected chi connectivity index (χ2v) is 7.56. The minimum atomic E-state index is -0.456. The fourth-order valence-electron chi connectivity index (χ4n) is 2.82. The fraction of sp³-hybridized carbons (Fsp3) is 0.125. The van der Waals surface area contributed by atoms with Crippen LogP contribution < -0.4 is 9.47 Å². The van der Waals surface area contributed by atoms with E-state index in [-0.39, 0.29) is 0 Å². The van der Waals surface area contributed by atoms with Gasteiger partial charge in [-0.2, -0.15) is 0 Å². The molecule has 0 radical (unpaired) electrons. The van der Waals surface area contributed by atoms with Crippen LogP contribution in [0.25, 0.3) is 0 Å². The van der Waals surface area contributed by atoms with Gasteiger partial charge in [-0.1, -0.05) is 30.3 Å². The van der Waals surface area contributed by atoms with Crippen LogP contribution in [0.3, 0.4) is 0 Å². The van der Waals surface area contributed by atoms with Crippen molar-refractivity contribution in [3.05, 3.63) is 106 Å². The maximum absolute atomic E-state index is 12.4. The highest BCUT2D eigenvalue weighted by atomic mass is 32.1. The van der Waals surface area contributed by atoms with Crippen molar-refractivity contribution < 1.29 is 14.3 Å². The maximum Gasteiger partial charge on any atom is 0.363 e. The van der Waals surface area contributed by atoms with Crippen LogP contribution in [0.2, 0.25) is 0 Å². The summed E-state index contributed by atoms with van der Waals surface area (Å²) in [4.78, 5) is 20.8. The number of aryl methyl sites for hydroxylation is 2. The van der Waals surface area contributed by atoms with E-state index in [9.17, 15) is 4.79 Å². The third-order valence-corrected chi connectivity index (χ3v) is 5.33. The first-order chi connectivity index (χ1) is 14.8. The number of pyridine rings is 1. The molecule has 0 bridgehead atoms. The molecular formula is C24H20N2O3S. The number of aromatic nitrogens is 2. The third kappa shape index (κ3) is 5.52. The number of hydrogen-bond acceptors (Lipinski definition) is 6. The molecule has 30 heavy (non-hydrogen) atoms. The van der Waals surface area contributed by atoms with E-state index in [0.717, 1.165) is 23.4 Å². The zero-order valence-electron chi connectivity index (χ0n) is 16.2. The number of esters is 1. The first-order valence-corrected chi connectivity index (χ1v) is 10.5. The monoisotopic (exact) mass is 416 g/mol. The second-order valence-electron chi connectivity index (χ2n) is 6.62. The van der Waals surface area contributed by atoms with Crippen molar-refractivity contribution in [2.75, 3.05) is 0 Å². The molecule has 0 N–H and O–H groups in total. The molecule has 0 unspecified atom stereocenters. The van der Waals surface area contributed by atoms with Crippen molar-refractivity contribution >= 4 is 17.3 Å². The molecule has 4 rings (SSSR count). The third-order valence-electron chi connectivity index (χ3n) is 4.42. The van der Waals surface area contributed by atoms with Crippen LogP contribution in [0.15, 0.2) is 84.5 Å². The lowest BCUT2D eigenvalue weighted by atomic mass is 10.1. The van der Waals surface area contributed by atoms with Gasteiger partial charge in [-0.3, -0.25) is 4.98 Å². The normalized spacial score (nSPS) is 10.5. The van der Waals surface area contributed by atoms with Crippen LogP contribution in [0.5, 0.6) is 11.5 Å². The predicted octanol–water partition coefficient (Wildman–Crippen LogP) is 5.12. The minimum absolute atomic E-state index is 0.334. The van der Waals surface area contributed by atoms with Gasteiger partial charge in [0.25, 0.3) is 0 Å². The van der Waals surface area contributed by atoms with E-state index < -0.39 is 5.97 Å². The quantitative estimate of drug-likeness (QED) is 0.295. The number of benzene rings is 2. The van der Waals surface area contributed by atoms with Gasteiger partial charge in [0.2, 0.25) is 0 Å². The second kappa shape index (κ2) is 9.80. The molecule has 4 aromatic rings. The number of carbonyl (C=O) groups is 1. The Bertz CT molecular complexity index is 1080. The zero-order chi connectivity index (χ0) is 20.6. The molecule has 0 aliphatic rings. The van der Waals surface area contributed by atoms with Crippen LogP contribution in [0.4, 0.5) is 0 Å². The molecular weight excluding hydrogens is 396 g/mol. The Balaban J connectivity index is 1.29. The summed E-state index contributed by atoms with van der Waals surface area (Å²) in [6.07, 6.45) is 5.15. The van der Waals surface area contributed by atoms with Crippen molar-refractivity contribution in [1.82, 2.24) is 9.97 Å². The number of ether oxygens (including phenoxy) is 2. The highest BCUT2D eigenvalue weighted by Gasteiger charge is 2.13. The van der Waals surface area contributed by atoms with Gasteiger partial charge in [0, 0.05) is 24.2 Å². The zero-order valence-corrected chi connectivity index (χ0v) is 17.0. The lowest BCUT2D eigenvalue weighted by molar-refractivity contribution is 0.0729. The van der Waals surface area contributed by atoms with E-state index in [0.29, 0.717) is 23.8 Å². The average molecular weight is 417 g/mol. The average Bonchev–Trinajstić information content (AvgIpc) is 3.28. The molecule has 2 heterocycles. The molecule has 0 spiro atoms. The smallest absolute Gasteiger partial charge is 0.363 e. The molecule has 2 aromatic carbocycles. The highest BCUT2D eigenvalue weighted by Crippen LogP contribution is 2.20. The Morgan fingerprint density at radius 1 is 0.833 bits per heavy atom. The van der Waals surface area contributed by atoms with Crippen molar-refractivity contribution in [1.29, 1.82) is 0 Å². The lowest BCUT2D eigenvalue weighted by Crippen LogP contribution is -2.09. The van der Waals surface area contributed by atoms with E-state index in [4.69, 9.17) is 9.47 Å². The van der Waals surface area contributed by atoms with Crippen molar-refractivity contribution in [2.45, 2.75) is 19.4 Å². The van der Waals surface area contributed by atoms with Crippen LogP contribution in [-0.4, -0.2) is 15.9 Å². The van der Waals surface area contributed by atoms with Crippen LogP contribution >= 0.6 is 11.3 Å². The molecule has 5 nitrogen and oxygen atoms in total. The SMILES string of the molecule is O=C(Oc1ccc(OCc2ccncc2)cc1)c1csc(CCc2ccccc2)n1. The van der Waals surface area contributed by atoms with Gasteiger partial charge in [0.15, 0.2) is 5.69 Å². The van der Waals surface area contributed by atoms with Gasteiger partial charge in [0.1, 0.15) is 18.1 Å². The first kappa shape index (κ1) is 19.8. The maximum atomic E-state index is 12.4. The van der Waals surface area contributed by atoms with Crippen molar-refractivity contribution in [2.24, 2.45) is 0 Å². The molecule has 6 heteroatoms. The molecule has 2 aromatic heterocycles. The van der Waals surface area contributed by atoms with Gasteiger partial charge in [-0.15, -0.1) is 11.3 Å². The Morgan fingerprint density at radius 2 is 1.57 bits per heavy atom. The Hall–Kier alpha value is -3.51. The van der Waals surface area contributed by atoms with Crippen molar-refractivity contribution in [3.8, 4) is 11.5 Å². The topological polar surface area (TPSA) is 61.3 Å². The molecule has 0 fully saturated rings. The number of nitrogens with zero attached hydrogens (tertiary/aromatic N) is 2. The van der Waals surface area contributed by atoms with E-state index in [1.807, 2.05) is 30.3 Å². The Labute approximate surface area is 179 Å². The van der Waals surface area contributed by atoms with Crippen LogP contribution in [0.1, 0.15) is 26.6 Å². The number of hydrogen-bond donors (Lipinski definition) is 0. The molecule has 0 aliphatic carbocycles. The molecule has 0 saturated carbocycles. The van der Waals surface area contributed by atoms with Crippen LogP contribution in [0, 0.1) is 0 Å². The number of thiazole rings is 1. The van der Waals surface area contributed by atoms with Gasteiger partial charge < -0.3 is 9.47 Å². The number of rotatable bonds is 8. The summed E-state index contributed by atoms with van der Waals surface area (Å²) in [5.74, 6) is 0.696. The summed E-state index contributed by atoms with van der Waals surface area (Å²) >= 11 is 1.48. The molecule has 0 atom stereocenters. The minimum Gasteiger partial charge on any atom is -0.489 e. The van der Waals surface area contributed by atoms with Crippen molar-refractivity contribution in [3.63, 3.8) is 0 Å². The van der Waals surface area contributed by atoms with Gasteiger partial charge >= 0.3 is 5.97 Å². The van der Waals surface area contributed by atoms with Gasteiger partial charge in [-0.25, -0.2) is 9.78 Å². The van der Waals surface area contributed by atoms with E-state index in [1.165, 1.54) is 16.9 Å². The fourth-order valence-corrected chi connectivity index (χ4v) is 3.59. The van der Waals surface area contributed by atoms with E-state index in [1.54, 1.807) is 42.0 Å². The first-order valence-electron chi connectivity index (χ1n) is 9.58. The molecule has 0 saturated heterocycles. The summed E-state index contributed by atoms with van der Waals surface area (Å²) in [6.45, 7) is 0.451. The Morgan fingerprint density at radius 3 is 2.33 bits per heavy atom. The lowest BCUT2D eigenvalue weighted by Gasteiger charge is -2.07. The summed E-state index contributed by atoms with van der Waals surface area (Å²) in [5.41, 5.74) is 2.62. The summed E-state index contributed by atoms with van der Waals surface area (Å²) in [5, 5.41) is 2.67. The summed E-state index contributed by atoms with van der Waals surface area (Å²) < 4.78 is 11.2. The highest BCUT2D eigenvalue weighted by molar-refractivity contribution is 7.09. The molecule has 0 aliphatic heterocycles.